The van der Waals surface area contributed by atoms with Crippen LogP contribution in [0.2, 0.25) is 5.02 Å². The van der Waals surface area contributed by atoms with E-state index in [9.17, 15) is 0 Å². The number of benzene rings is 2. The van der Waals surface area contributed by atoms with Gasteiger partial charge in [0.05, 0.1) is 21.3 Å². The minimum absolute atomic E-state index is 0. The van der Waals surface area contributed by atoms with Gasteiger partial charge in [0.25, 0.3) is 0 Å². The van der Waals surface area contributed by atoms with Crippen molar-refractivity contribution in [2.24, 2.45) is 0 Å². The fourth-order valence-electron chi connectivity index (χ4n) is 3.79. The summed E-state index contributed by atoms with van der Waals surface area (Å²) in [7, 11) is 7.19. The molecule has 0 N–H and O–H groups in total. The molecule has 0 radical (unpaired) electrons. The fourth-order valence-corrected chi connectivity index (χ4v) is 3.92. The molecule has 0 aromatic heterocycles. The van der Waals surface area contributed by atoms with Crippen molar-refractivity contribution in [2.75, 3.05) is 34.9 Å². The van der Waals surface area contributed by atoms with E-state index >= 15 is 0 Å². The third-order valence-corrected chi connectivity index (χ3v) is 5.42. The Kier molecular flexibility index (Phi) is 7.83. The lowest BCUT2D eigenvalue weighted by Crippen LogP contribution is -2.33. The van der Waals surface area contributed by atoms with E-state index in [1.807, 2.05) is 12.1 Å². The van der Waals surface area contributed by atoms with Crippen LogP contribution in [-0.4, -0.2) is 39.8 Å². The summed E-state index contributed by atoms with van der Waals surface area (Å²) in [5.74, 6) is 2.18. The predicted octanol–water partition coefficient (Wildman–Crippen LogP) is 5.11. The summed E-state index contributed by atoms with van der Waals surface area (Å²) in [6.45, 7) is 1.01. The van der Waals surface area contributed by atoms with Crippen LogP contribution in [0.1, 0.15) is 29.2 Å². The van der Waals surface area contributed by atoms with Gasteiger partial charge in [-0.25, -0.2) is 0 Å². The van der Waals surface area contributed by atoms with Crippen LogP contribution in [0, 0.1) is 0 Å². The second-order valence-corrected chi connectivity index (χ2v) is 7.07. The number of fused-ring (bicyclic) bond motifs is 1. The normalized spacial score (nSPS) is 16.3. The molecule has 1 heterocycles. The van der Waals surface area contributed by atoms with E-state index in [4.69, 9.17) is 25.8 Å². The minimum atomic E-state index is 0. The number of likely N-dealkylation sites (N-methyl/N-ethyl adjacent to an activating group) is 1. The quantitative estimate of drug-likeness (QED) is 0.605. The zero-order valence-corrected chi connectivity index (χ0v) is 18.7. The Morgan fingerprint density at radius 3 is 2.30 bits per heavy atom. The largest absolute Gasteiger partial charge is 0.493 e. The second kappa shape index (κ2) is 9.67. The highest BCUT2D eigenvalue weighted by atomic mass is 79.9. The Bertz CT molecular complexity index is 767. The Morgan fingerprint density at radius 2 is 1.70 bits per heavy atom. The number of aryl methyl sites for hydroxylation is 1. The van der Waals surface area contributed by atoms with Gasteiger partial charge in [0.1, 0.15) is 0 Å². The van der Waals surface area contributed by atoms with Crippen LogP contribution in [0.5, 0.6) is 17.2 Å². The van der Waals surface area contributed by atoms with Gasteiger partial charge in [-0.3, -0.25) is 4.90 Å². The van der Waals surface area contributed by atoms with E-state index in [1.165, 1.54) is 16.7 Å². The molecule has 1 atom stereocenters. The summed E-state index contributed by atoms with van der Waals surface area (Å²) < 4.78 is 16.9. The van der Waals surface area contributed by atoms with Crippen LogP contribution >= 0.6 is 28.6 Å². The van der Waals surface area contributed by atoms with Crippen LogP contribution in [0.25, 0.3) is 0 Å². The third-order valence-electron chi connectivity index (χ3n) is 5.17. The fraction of sp³-hybridized carbons (Fsp3) is 0.429. The lowest BCUT2D eigenvalue weighted by atomic mass is 9.88. The van der Waals surface area contributed by atoms with Crippen molar-refractivity contribution in [1.82, 2.24) is 4.90 Å². The van der Waals surface area contributed by atoms with Crippen molar-refractivity contribution in [1.29, 1.82) is 0 Å². The molecule has 1 aliphatic rings. The minimum Gasteiger partial charge on any atom is -0.493 e. The molecule has 0 fully saturated rings. The molecule has 2 aromatic rings. The zero-order valence-electron chi connectivity index (χ0n) is 16.3. The molecule has 0 spiro atoms. The van der Waals surface area contributed by atoms with E-state index in [1.54, 1.807) is 21.3 Å². The Morgan fingerprint density at radius 1 is 1.04 bits per heavy atom. The number of nitrogens with zero attached hydrogens (tertiary/aromatic N) is 1. The number of hydrogen-bond acceptors (Lipinski definition) is 4. The summed E-state index contributed by atoms with van der Waals surface area (Å²) in [4.78, 5) is 2.40. The van der Waals surface area contributed by atoms with Gasteiger partial charge < -0.3 is 14.2 Å². The Labute approximate surface area is 177 Å². The van der Waals surface area contributed by atoms with Crippen LogP contribution in [-0.2, 0) is 12.8 Å². The van der Waals surface area contributed by atoms with E-state index in [-0.39, 0.29) is 23.0 Å². The van der Waals surface area contributed by atoms with Gasteiger partial charge in [-0.2, -0.15) is 0 Å². The van der Waals surface area contributed by atoms with Crippen LogP contribution in [0.3, 0.4) is 0 Å². The molecule has 27 heavy (non-hydrogen) atoms. The highest BCUT2D eigenvalue weighted by Gasteiger charge is 2.31. The summed E-state index contributed by atoms with van der Waals surface area (Å²) in [6.07, 6.45) is 2.94. The van der Waals surface area contributed by atoms with Crippen LogP contribution in [0.4, 0.5) is 0 Å². The SMILES string of the molecule is Br.COc1cc2c(c(OC)c1OC)C(CCc1ccc(Cl)cc1)N(C)CC2. The number of ether oxygens (including phenoxy) is 3. The summed E-state index contributed by atoms with van der Waals surface area (Å²) >= 11 is 6.00. The topological polar surface area (TPSA) is 30.9 Å². The molecule has 4 nitrogen and oxygen atoms in total. The molecular formula is C21H27BrClNO3. The highest BCUT2D eigenvalue weighted by Crippen LogP contribution is 2.48. The molecule has 2 aromatic carbocycles. The molecule has 1 aliphatic heterocycles. The molecule has 0 amide bonds. The van der Waals surface area contributed by atoms with Crippen molar-refractivity contribution >= 4 is 28.6 Å². The van der Waals surface area contributed by atoms with Crippen LogP contribution < -0.4 is 14.2 Å². The monoisotopic (exact) mass is 455 g/mol. The van der Waals surface area contributed by atoms with E-state index in [0.717, 1.165) is 42.3 Å². The van der Waals surface area contributed by atoms with E-state index in [2.05, 4.69) is 30.1 Å². The van der Waals surface area contributed by atoms with E-state index in [0.29, 0.717) is 5.75 Å². The smallest absolute Gasteiger partial charge is 0.203 e. The Balaban J connectivity index is 0.00000261. The first kappa shape index (κ1) is 21.9. The standard InChI is InChI=1S/C21H26ClNO3.BrH/c1-23-12-11-15-13-18(24-2)20(25-3)21(26-4)19(15)17(23)10-7-14-5-8-16(22)9-6-14;/h5-6,8-9,13,17H,7,10-12H2,1-4H3;1H. The number of hydrogen-bond donors (Lipinski definition) is 0. The highest BCUT2D eigenvalue weighted by molar-refractivity contribution is 8.93. The number of methoxy groups -OCH3 is 3. The first-order valence-electron chi connectivity index (χ1n) is 8.85. The van der Waals surface area contributed by atoms with Gasteiger partial charge in [0, 0.05) is 23.2 Å². The molecule has 3 rings (SSSR count). The maximum atomic E-state index is 6.00. The van der Waals surface area contributed by atoms with Crippen molar-refractivity contribution < 1.29 is 14.2 Å². The maximum Gasteiger partial charge on any atom is 0.203 e. The first-order valence-corrected chi connectivity index (χ1v) is 9.23. The van der Waals surface area contributed by atoms with Gasteiger partial charge in [-0.15, -0.1) is 17.0 Å². The van der Waals surface area contributed by atoms with Gasteiger partial charge in [-0.05, 0) is 55.6 Å². The second-order valence-electron chi connectivity index (χ2n) is 6.63. The average molecular weight is 457 g/mol. The molecule has 0 bridgehead atoms. The molecule has 6 heteroatoms. The molecule has 1 unspecified atom stereocenters. The van der Waals surface area contributed by atoms with Crippen LogP contribution in [0.15, 0.2) is 30.3 Å². The van der Waals surface area contributed by atoms with Gasteiger partial charge in [-0.1, -0.05) is 23.7 Å². The number of rotatable bonds is 6. The predicted molar refractivity (Wildman–Crippen MR) is 115 cm³/mol. The van der Waals surface area contributed by atoms with Gasteiger partial charge >= 0.3 is 0 Å². The molecule has 0 aliphatic carbocycles. The maximum absolute atomic E-state index is 6.00. The van der Waals surface area contributed by atoms with Gasteiger partial charge in [0.15, 0.2) is 11.5 Å². The molecule has 0 saturated heterocycles. The summed E-state index contributed by atoms with van der Waals surface area (Å²) in [5, 5.41) is 0.771. The van der Waals surface area contributed by atoms with Crippen molar-refractivity contribution in [3.8, 4) is 17.2 Å². The van der Waals surface area contributed by atoms with Crippen molar-refractivity contribution in [3.63, 3.8) is 0 Å². The molecular weight excluding hydrogens is 430 g/mol. The Hall–Kier alpha value is -1.43. The molecule has 148 valence electrons. The zero-order chi connectivity index (χ0) is 18.7. The van der Waals surface area contributed by atoms with E-state index < -0.39 is 0 Å². The van der Waals surface area contributed by atoms with Crippen molar-refractivity contribution in [2.45, 2.75) is 25.3 Å². The number of halogens is 2. The van der Waals surface area contributed by atoms with Crippen molar-refractivity contribution in [3.05, 3.63) is 52.0 Å². The molecule has 0 saturated carbocycles. The average Bonchev–Trinajstić information content (AvgIpc) is 2.66. The lowest BCUT2D eigenvalue weighted by Gasteiger charge is -2.36. The summed E-state index contributed by atoms with van der Waals surface area (Å²) in [6, 6.07) is 10.5. The lowest BCUT2D eigenvalue weighted by molar-refractivity contribution is 0.210. The first-order chi connectivity index (χ1) is 12.6. The third kappa shape index (κ3) is 4.53. The van der Waals surface area contributed by atoms with Gasteiger partial charge in [0.2, 0.25) is 5.75 Å². The summed E-state index contributed by atoms with van der Waals surface area (Å²) in [5.41, 5.74) is 3.78.